The molecule has 0 atom stereocenters. The smallest absolute Gasteiger partial charge is 0.0462 e. The number of rotatable bonds is 0. The number of fused-ring (bicyclic) bond motifs is 5. The number of aromatic nitrogens is 1. The van der Waals surface area contributed by atoms with Crippen LogP contribution in [0.2, 0.25) is 0 Å². The number of nitrogens with one attached hydrogen (secondary N) is 1. The topological polar surface area (TPSA) is 15.8 Å². The molecule has 0 fully saturated rings. The average molecular weight is 233 g/mol. The monoisotopic (exact) mass is 233 g/mol. The van der Waals surface area contributed by atoms with Crippen molar-refractivity contribution in [3.8, 4) is 11.1 Å². The van der Waals surface area contributed by atoms with Crippen LogP contribution in [0.1, 0.15) is 22.4 Å². The summed E-state index contributed by atoms with van der Waals surface area (Å²) in [6.45, 7) is 4.36. The van der Waals surface area contributed by atoms with Crippen molar-refractivity contribution in [2.75, 3.05) is 0 Å². The van der Waals surface area contributed by atoms with Crippen LogP contribution < -0.4 is 0 Å². The molecule has 1 heteroatoms. The first-order valence-corrected chi connectivity index (χ1v) is 6.44. The number of aryl methyl sites for hydroxylation is 2. The molecule has 0 unspecified atom stereocenters. The molecule has 1 heterocycles. The Labute approximate surface area is 106 Å². The van der Waals surface area contributed by atoms with E-state index in [9.17, 15) is 0 Å². The molecule has 4 rings (SSSR count). The van der Waals surface area contributed by atoms with Crippen LogP contribution in [0.15, 0.2) is 36.4 Å². The highest BCUT2D eigenvalue weighted by Gasteiger charge is 2.23. The first-order chi connectivity index (χ1) is 8.74. The predicted molar refractivity (Wildman–Crippen MR) is 76.0 cm³/mol. The Morgan fingerprint density at radius 2 is 1.94 bits per heavy atom. The molecule has 1 aliphatic carbocycles. The Balaban J connectivity index is 2.12. The summed E-state index contributed by atoms with van der Waals surface area (Å²) in [6, 6.07) is 13.3. The van der Waals surface area contributed by atoms with Gasteiger partial charge in [0.2, 0.25) is 0 Å². The Hall–Kier alpha value is -2.02. The van der Waals surface area contributed by atoms with Gasteiger partial charge in [-0.25, -0.2) is 0 Å². The van der Waals surface area contributed by atoms with Crippen molar-refractivity contribution in [2.45, 2.75) is 20.3 Å². The average Bonchev–Trinajstić information content (AvgIpc) is 2.86. The second kappa shape index (κ2) is 3.26. The molecule has 1 N–H and O–H groups in total. The molecule has 0 saturated carbocycles. The molecule has 88 valence electrons. The van der Waals surface area contributed by atoms with E-state index < -0.39 is 0 Å². The predicted octanol–water partition coefficient (Wildman–Crippen LogP) is 4.36. The summed E-state index contributed by atoms with van der Waals surface area (Å²) in [5.74, 6) is 0. The summed E-state index contributed by atoms with van der Waals surface area (Å²) in [7, 11) is 0. The minimum atomic E-state index is 1.05. The highest BCUT2D eigenvalue weighted by atomic mass is 14.7. The van der Waals surface area contributed by atoms with Crippen molar-refractivity contribution < 1.29 is 0 Å². The van der Waals surface area contributed by atoms with Crippen LogP contribution in [0.5, 0.6) is 0 Å². The SMILES string of the molecule is Cc1ccc2[nH]c3c(c2c1)-c1cccc(C)c1C3. The molecule has 1 aliphatic rings. The lowest BCUT2D eigenvalue weighted by atomic mass is 10.00. The maximum absolute atomic E-state index is 3.58. The van der Waals surface area contributed by atoms with Crippen molar-refractivity contribution >= 4 is 10.9 Å². The van der Waals surface area contributed by atoms with Gasteiger partial charge in [0.15, 0.2) is 0 Å². The van der Waals surface area contributed by atoms with Crippen LogP contribution in [-0.2, 0) is 6.42 Å². The van der Waals surface area contributed by atoms with E-state index in [4.69, 9.17) is 0 Å². The summed E-state index contributed by atoms with van der Waals surface area (Å²) in [6.07, 6.45) is 1.05. The second-order valence-electron chi connectivity index (χ2n) is 5.31. The summed E-state index contributed by atoms with van der Waals surface area (Å²) in [5, 5.41) is 1.37. The number of hydrogen-bond donors (Lipinski definition) is 1. The van der Waals surface area contributed by atoms with Crippen LogP contribution in [0, 0.1) is 13.8 Å². The van der Waals surface area contributed by atoms with E-state index in [1.165, 1.54) is 44.4 Å². The molecule has 3 aromatic rings. The molecule has 1 aromatic heterocycles. The minimum Gasteiger partial charge on any atom is -0.358 e. The van der Waals surface area contributed by atoms with Gasteiger partial charge in [0, 0.05) is 28.6 Å². The van der Waals surface area contributed by atoms with E-state index in [0.29, 0.717) is 0 Å². The van der Waals surface area contributed by atoms with E-state index >= 15 is 0 Å². The van der Waals surface area contributed by atoms with Crippen molar-refractivity contribution in [3.05, 3.63) is 58.8 Å². The van der Waals surface area contributed by atoms with Gasteiger partial charge in [0.05, 0.1) is 0 Å². The van der Waals surface area contributed by atoms with Crippen molar-refractivity contribution in [1.82, 2.24) is 4.98 Å². The van der Waals surface area contributed by atoms with Gasteiger partial charge in [-0.3, -0.25) is 0 Å². The quantitative estimate of drug-likeness (QED) is 0.464. The number of benzene rings is 2. The fraction of sp³-hybridized carbons (Fsp3) is 0.176. The molecule has 0 saturated heterocycles. The van der Waals surface area contributed by atoms with Gasteiger partial charge in [-0.1, -0.05) is 29.8 Å². The lowest BCUT2D eigenvalue weighted by molar-refractivity contribution is 1.14. The van der Waals surface area contributed by atoms with Gasteiger partial charge < -0.3 is 4.98 Å². The fourth-order valence-corrected chi connectivity index (χ4v) is 3.15. The largest absolute Gasteiger partial charge is 0.358 e. The number of hydrogen-bond acceptors (Lipinski definition) is 0. The highest BCUT2D eigenvalue weighted by molar-refractivity contribution is 6.01. The van der Waals surface area contributed by atoms with Crippen LogP contribution in [0.3, 0.4) is 0 Å². The van der Waals surface area contributed by atoms with Gasteiger partial charge in [-0.05, 0) is 42.7 Å². The number of aromatic amines is 1. The Morgan fingerprint density at radius 1 is 1.06 bits per heavy atom. The van der Waals surface area contributed by atoms with Crippen LogP contribution in [0.25, 0.3) is 22.0 Å². The molecule has 0 amide bonds. The summed E-state index contributed by atoms with van der Waals surface area (Å²) in [5.41, 5.74) is 9.69. The summed E-state index contributed by atoms with van der Waals surface area (Å²) < 4.78 is 0. The third kappa shape index (κ3) is 1.16. The van der Waals surface area contributed by atoms with Crippen molar-refractivity contribution in [3.63, 3.8) is 0 Å². The maximum atomic E-state index is 3.58. The van der Waals surface area contributed by atoms with Gasteiger partial charge in [0.25, 0.3) is 0 Å². The molecular weight excluding hydrogens is 218 g/mol. The Morgan fingerprint density at radius 3 is 2.83 bits per heavy atom. The van der Waals surface area contributed by atoms with E-state index in [2.05, 4.69) is 55.2 Å². The molecule has 0 spiro atoms. The molecular formula is C17H15N. The van der Waals surface area contributed by atoms with Gasteiger partial charge >= 0.3 is 0 Å². The molecule has 2 aromatic carbocycles. The lowest BCUT2D eigenvalue weighted by Gasteiger charge is -2.04. The first kappa shape index (κ1) is 9.95. The van der Waals surface area contributed by atoms with Gasteiger partial charge in [-0.15, -0.1) is 0 Å². The summed E-state index contributed by atoms with van der Waals surface area (Å²) in [4.78, 5) is 3.58. The lowest BCUT2D eigenvalue weighted by Crippen LogP contribution is -1.87. The van der Waals surface area contributed by atoms with Gasteiger partial charge in [-0.2, -0.15) is 0 Å². The Kier molecular flexibility index (Phi) is 1.80. The first-order valence-electron chi connectivity index (χ1n) is 6.44. The van der Waals surface area contributed by atoms with Crippen LogP contribution in [-0.4, -0.2) is 4.98 Å². The molecule has 0 bridgehead atoms. The molecule has 0 aliphatic heterocycles. The standard InChI is InChI=1S/C17H15N/c1-10-6-7-15-14(8-10)17-12-5-3-4-11(2)13(12)9-16(17)18-15/h3-8,18H,9H2,1-2H3. The molecule has 0 radical (unpaired) electrons. The maximum Gasteiger partial charge on any atom is 0.0462 e. The normalized spacial score (nSPS) is 12.8. The zero-order chi connectivity index (χ0) is 12.3. The number of H-pyrrole nitrogens is 1. The van der Waals surface area contributed by atoms with Crippen molar-refractivity contribution in [1.29, 1.82) is 0 Å². The van der Waals surface area contributed by atoms with E-state index in [0.717, 1.165) is 6.42 Å². The van der Waals surface area contributed by atoms with Crippen molar-refractivity contribution in [2.24, 2.45) is 0 Å². The van der Waals surface area contributed by atoms with Gasteiger partial charge in [0.1, 0.15) is 0 Å². The van der Waals surface area contributed by atoms with Crippen LogP contribution >= 0.6 is 0 Å². The highest BCUT2D eigenvalue weighted by Crippen LogP contribution is 2.42. The zero-order valence-corrected chi connectivity index (χ0v) is 10.7. The molecule has 18 heavy (non-hydrogen) atoms. The van der Waals surface area contributed by atoms with E-state index in [-0.39, 0.29) is 0 Å². The van der Waals surface area contributed by atoms with E-state index in [1.54, 1.807) is 0 Å². The molecule has 1 nitrogen and oxygen atoms in total. The third-order valence-corrected chi connectivity index (χ3v) is 4.06. The van der Waals surface area contributed by atoms with Crippen LogP contribution in [0.4, 0.5) is 0 Å². The van der Waals surface area contributed by atoms with E-state index in [1.807, 2.05) is 0 Å². The third-order valence-electron chi connectivity index (χ3n) is 4.06. The minimum absolute atomic E-state index is 1.05. The zero-order valence-electron chi connectivity index (χ0n) is 10.7. The summed E-state index contributed by atoms with van der Waals surface area (Å²) >= 11 is 0. The fourth-order valence-electron chi connectivity index (χ4n) is 3.15. The second-order valence-corrected chi connectivity index (χ2v) is 5.31. The Bertz CT molecular complexity index is 778.